The van der Waals surface area contributed by atoms with E-state index in [2.05, 4.69) is 29.6 Å². The van der Waals surface area contributed by atoms with Crippen molar-refractivity contribution in [1.29, 1.82) is 0 Å². The van der Waals surface area contributed by atoms with E-state index in [0.717, 1.165) is 17.0 Å². The summed E-state index contributed by atoms with van der Waals surface area (Å²) in [6.07, 6.45) is 0.772. The van der Waals surface area contributed by atoms with Crippen LogP contribution in [-0.2, 0) is 6.42 Å². The van der Waals surface area contributed by atoms with Crippen molar-refractivity contribution in [3.05, 3.63) is 71.8 Å². The molecule has 0 amide bonds. The Morgan fingerprint density at radius 1 is 1.04 bits per heavy atom. The second-order valence-electron chi connectivity index (χ2n) is 6.97. The fourth-order valence-electron chi connectivity index (χ4n) is 2.43. The molecule has 0 fully saturated rings. The third-order valence-electron chi connectivity index (χ3n) is 3.53. The largest absolute Gasteiger partial charge is 0.350 e. The second-order valence-corrected chi connectivity index (χ2v) is 6.97. The van der Waals surface area contributed by atoms with Crippen molar-refractivity contribution in [1.82, 2.24) is 10.4 Å². The summed E-state index contributed by atoms with van der Waals surface area (Å²) in [4.78, 5) is 4.81. The predicted molar refractivity (Wildman–Crippen MR) is 99.2 cm³/mol. The molecule has 24 heavy (non-hydrogen) atoms. The van der Waals surface area contributed by atoms with Gasteiger partial charge in [0.05, 0.1) is 6.04 Å². The van der Waals surface area contributed by atoms with Crippen LogP contribution in [0.4, 0.5) is 0 Å². The molecule has 0 spiro atoms. The lowest BCUT2D eigenvalue weighted by Crippen LogP contribution is -2.47. The lowest BCUT2D eigenvalue weighted by atomic mass is 9.99. The topological polar surface area (TPSA) is 47.9 Å². The molecular formula is C20H27N3O. The average molecular weight is 325 g/mol. The molecule has 0 bridgehead atoms. The summed E-state index contributed by atoms with van der Waals surface area (Å²) >= 11 is 0. The fourth-order valence-corrected chi connectivity index (χ4v) is 2.43. The number of aliphatic imine (C=N–C) groups is 1. The van der Waals surface area contributed by atoms with E-state index >= 15 is 0 Å². The summed E-state index contributed by atoms with van der Waals surface area (Å²) in [5, 5.41) is 14.3. The molecule has 4 nitrogen and oxygen atoms in total. The molecule has 1 unspecified atom stereocenters. The number of benzene rings is 2. The molecule has 2 aromatic rings. The van der Waals surface area contributed by atoms with E-state index < -0.39 is 0 Å². The van der Waals surface area contributed by atoms with Gasteiger partial charge in [-0.3, -0.25) is 5.21 Å². The van der Waals surface area contributed by atoms with Crippen LogP contribution in [-0.4, -0.2) is 28.8 Å². The van der Waals surface area contributed by atoms with Gasteiger partial charge in [0.1, 0.15) is 0 Å². The number of rotatable bonds is 4. The van der Waals surface area contributed by atoms with Gasteiger partial charge < -0.3 is 5.32 Å². The molecular weight excluding hydrogens is 298 g/mol. The summed E-state index contributed by atoms with van der Waals surface area (Å²) in [7, 11) is 1.59. The Labute approximate surface area is 144 Å². The van der Waals surface area contributed by atoms with Crippen molar-refractivity contribution in [2.45, 2.75) is 38.8 Å². The van der Waals surface area contributed by atoms with Gasteiger partial charge in [0.2, 0.25) is 5.96 Å². The number of guanidine groups is 1. The number of hydroxylamine groups is 2. The minimum Gasteiger partial charge on any atom is -0.350 e. The SMILES string of the molecule is CN(O)C(=NC(Cc1ccccc1)c1ccccc1)NC(C)(C)C. The lowest BCUT2D eigenvalue weighted by Gasteiger charge is -2.27. The van der Waals surface area contributed by atoms with Gasteiger partial charge in [0, 0.05) is 12.6 Å². The van der Waals surface area contributed by atoms with Crippen molar-refractivity contribution in [2.75, 3.05) is 7.05 Å². The molecule has 4 heteroatoms. The zero-order chi connectivity index (χ0) is 17.6. The normalized spacial score (nSPS) is 13.5. The molecule has 128 valence electrons. The fraction of sp³-hybridized carbons (Fsp3) is 0.350. The van der Waals surface area contributed by atoms with Crippen LogP contribution in [0.3, 0.4) is 0 Å². The number of hydrogen-bond acceptors (Lipinski definition) is 2. The second kappa shape index (κ2) is 7.97. The molecule has 0 saturated heterocycles. The van der Waals surface area contributed by atoms with Crippen LogP contribution in [0.15, 0.2) is 65.7 Å². The van der Waals surface area contributed by atoms with E-state index in [1.807, 2.05) is 57.2 Å². The van der Waals surface area contributed by atoms with Crippen LogP contribution < -0.4 is 5.32 Å². The van der Waals surface area contributed by atoms with E-state index in [-0.39, 0.29) is 11.6 Å². The van der Waals surface area contributed by atoms with Crippen molar-refractivity contribution in [3.8, 4) is 0 Å². The number of nitrogens with one attached hydrogen (secondary N) is 1. The molecule has 0 aromatic heterocycles. The van der Waals surface area contributed by atoms with Crippen molar-refractivity contribution in [2.24, 2.45) is 4.99 Å². The van der Waals surface area contributed by atoms with Crippen molar-refractivity contribution >= 4 is 5.96 Å². The maximum absolute atomic E-state index is 9.98. The molecule has 1 atom stereocenters. The molecule has 2 aromatic carbocycles. The smallest absolute Gasteiger partial charge is 0.218 e. The maximum atomic E-state index is 9.98. The molecule has 0 radical (unpaired) electrons. The quantitative estimate of drug-likeness (QED) is 0.507. The Morgan fingerprint density at radius 2 is 1.58 bits per heavy atom. The van der Waals surface area contributed by atoms with Gasteiger partial charge in [-0.15, -0.1) is 0 Å². The first kappa shape index (κ1) is 18.0. The maximum Gasteiger partial charge on any atom is 0.218 e. The summed E-state index contributed by atoms with van der Waals surface area (Å²) in [5.41, 5.74) is 2.14. The first-order chi connectivity index (χ1) is 11.3. The minimum absolute atomic E-state index is 0.0759. The average Bonchev–Trinajstić information content (AvgIpc) is 2.54. The third-order valence-corrected chi connectivity index (χ3v) is 3.53. The van der Waals surface area contributed by atoms with E-state index in [1.165, 1.54) is 5.56 Å². The Kier molecular flexibility index (Phi) is 5.99. The highest BCUT2D eigenvalue weighted by Gasteiger charge is 2.18. The van der Waals surface area contributed by atoms with Crippen LogP contribution in [0.2, 0.25) is 0 Å². The highest BCUT2D eigenvalue weighted by atomic mass is 16.5. The Morgan fingerprint density at radius 3 is 2.08 bits per heavy atom. The van der Waals surface area contributed by atoms with E-state index in [1.54, 1.807) is 7.05 Å². The van der Waals surface area contributed by atoms with Crippen LogP contribution in [0.25, 0.3) is 0 Å². The van der Waals surface area contributed by atoms with Gasteiger partial charge in [0.25, 0.3) is 0 Å². The van der Waals surface area contributed by atoms with E-state index in [4.69, 9.17) is 4.99 Å². The summed E-state index contributed by atoms with van der Waals surface area (Å²) in [5.74, 6) is 0.465. The van der Waals surface area contributed by atoms with Gasteiger partial charge >= 0.3 is 0 Å². The van der Waals surface area contributed by atoms with Crippen LogP contribution in [0, 0.1) is 0 Å². The molecule has 2 N–H and O–H groups in total. The Balaban J connectivity index is 2.35. The third kappa shape index (κ3) is 5.70. The summed E-state index contributed by atoms with van der Waals surface area (Å²) in [6, 6.07) is 20.4. The van der Waals surface area contributed by atoms with Crippen molar-refractivity contribution in [3.63, 3.8) is 0 Å². The van der Waals surface area contributed by atoms with Gasteiger partial charge in [-0.1, -0.05) is 60.7 Å². The van der Waals surface area contributed by atoms with Gasteiger partial charge in [0.15, 0.2) is 0 Å². The zero-order valence-corrected chi connectivity index (χ0v) is 14.9. The first-order valence-electron chi connectivity index (χ1n) is 8.22. The van der Waals surface area contributed by atoms with E-state index in [0.29, 0.717) is 5.96 Å². The Hall–Kier alpha value is -2.33. The molecule has 0 aliphatic carbocycles. The number of hydrogen-bond donors (Lipinski definition) is 2. The molecule has 0 heterocycles. The predicted octanol–water partition coefficient (Wildman–Crippen LogP) is 4.04. The van der Waals surface area contributed by atoms with Crippen LogP contribution in [0.5, 0.6) is 0 Å². The van der Waals surface area contributed by atoms with Gasteiger partial charge in [-0.25, -0.2) is 10.1 Å². The molecule has 0 aliphatic rings. The monoisotopic (exact) mass is 325 g/mol. The highest BCUT2D eigenvalue weighted by molar-refractivity contribution is 5.79. The van der Waals surface area contributed by atoms with Crippen LogP contribution >= 0.6 is 0 Å². The van der Waals surface area contributed by atoms with Gasteiger partial charge in [-0.05, 0) is 38.3 Å². The standard InChI is InChI=1S/C20H27N3O/c1-20(2,3)22-19(23(4)24)21-18(17-13-9-6-10-14-17)15-16-11-7-5-8-12-16/h5-14,18,24H,15H2,1-4H3,(H,21,22). The van der Waals surface area contributed by atoms with E-state index in [9.17, 15) is 5.21 Å². The number of nitrogens with zero attached hydrogens (tertiary/aromatic N) is 2. The molecule has 2 rings (SSSR count). The zero-order valence-electron chi connectivity index (χ0n) is 14.9. The van der Waals surface area contributed by atoms with Crippen molar-refractivity contribution < 1.29 is 5.21 Å². The van der Waals surface area contributed by atoms with Crippen LogP contribution in [0.1, 0.15) is 37.9 Å². The minimum atomic E-state index is -0.191. The summed E-state index contributed by atoms with van der Waals surface area (Å²) in [6.45, 7) is 6.13. The molecule has 0 aliphatic heterocycles. The van der Waals surface area contributed by atoms with Gasteiger partial charge in [-0.2, -0.15) is 0 Å². The summed E-state index contributed by atoms with van der Waals surface area (Å²) < 4.78 is 0. The lowest BCUT2D eigenvalue weighted by molar-refractivity contribution is 0.00672. The highest BCUT2D eigenvalue weighted by Crippen LogP contribution is 2.23. The first-order valence-corrected chi connectivity index (χ1v) is 8.22. The Bertz CT molecular complexity index is 646. The molecule has 0 saturated carbocycles.